The molecule has 5 aromatic carbocycles. The van der Waals surface area contributed by atoms with Crippen LogP contribution < -0.4 is 20.9 Å². The molecule has 1 aliphatic heterocycles. The number of hydrogen-bond donors (Lipinski definition) is 1. The SMILES string of the molecule is Cc1cc(-c2ccc3c4ccccc4n(-c4cccc([Si]5(c6ccccn6)c6ccccc6-c6ccccc65)c4)c3c2)n[nH]1. The van der Waals surface area contributed by atoms with Gasteiger partial charge in [-0.25, -0.2) is 0 Å². The first-order valence-corrected chi connectivity index (χ1v) is 17.0. The molecule has 4 nitrogen and oxygen atoms in total. The van der Waals surface area contributed by atoms with Crippen LogP contribution in [0.5, 0.6) is 0 Å². The first-order valence-electron chi connectivity index (χ1n) is 15.0. The monoisotopic (exact) mass is 580 g/mol. The third-order valence-electron chi connectivity index (χ3n) is 9.21. The van der Waals surface area contributed by atoms with Gasteiger partial charge in [-0.15, -0.1) is 0 Å². The molecule has 3 aromatic heterocycles. The number of aromatic nitrogens is 4. The zero-order valence-corrected chi connectivity index (χ0v) is 25.2. The molecule has 44 heavy (non-hydrogen) atoms. The van der Waals surface area contributed by atoms with Gasteiger partial charge in [-0.05, 0) is 76.1 Å². The maximum atomic E-state index is 5.09. The lowest BCUT2D eigenvalue weighted by Crippen LogP contribution is -2.73. The molecule has 0 unspecified atom stereocenters. The molecule has 0 spiro atoms. The molecule has 1 aliphatic rings. The van der Waals surface area contributed by atoms with Gasteiger partial charge < -0.3 is 4.57 Å². The predicted octanol–water partition coefficient (Wildman–Crippen LogP) is 6.24. The molecule has 0 saturated heterocycles. The summed E-state index contributed by atoms with van der Waals surface area (Å²) in [5, 5.41) is 15.4. The van der Waals surface area contributed by atoms with Gasteiger partial charge in [0.2, 0.25) is 8.07 Å². The second kappa shape index (κ2) is 9.49. The largest absolute Gasteiger partial charge is 0.309 e. The molecule has 0 aliphatic carbocycles. The van der Waals surface area contributed by atoms with Crippen molar-refractivity contribution in [2.45, 2.75) is 6.92 Å². The van der Waals surface area contributed by atoms with Crippen molar-refractivity contribution in [3.05, 3.63) is 151 Å². The molecule has 4 heterocycles. The van der Waals surface area contributed by atoms with E-state index in [2.05, 4.69) is 148 Å². The van der Waals surface area contributed by atoms with Crippen LogP contribution in [-0.4, -0.2) is 27.8 Å². The second-order valence-corrected chi connectivity index (χ2v) is 15.3. The fourth-order valence-corrected chi connectivity index (χ4v) is 12.4. The Kier molecular flexibility index (Phi) is 5.40. The van der Waals surface area contributed by atoms with Crippen molar-refractivity contribution in [2.75, 3.05) is 0 Å². The number of para-hydroxylation sites is 1. The Morgan fingerprint density at radius 3 is 2.09 bits per heavy atom. The minimum atomic E-state index is -2.70. The van der Waals surface area contributed by atoms with Crippen molar-refractivity contribution in [1.82, 2.24) is 19.7 Å². The quantitative estimate of drug-likeness (QED) is 0.251. The third-order valence-corrected chi connectivity index (χ3v) is 13.9. The van der Waals surface area contributed by atoms with Crippen LogP contribution in [0.1, 0.15) is 5.69 Å². The Morgan fingerprint density at radius 1 is 0.614 bits per heavy atom. The van der Waals surface area contributed by atoms with Crippen LogP contribution in [0, 0.1) is 6.92 Å². The topological polar surface area (TPSA) is 46.5 Å². The third kappa shape index (κ3) is 3.44. The summed E-state index contributed by atoms with van der Waals surface area (Å²) in [6, 6.07) is 51.1. The van der Waals surface area contributed by atoms with E-state index in [4.69, 9.17) is 4.98 Å². The highest BCUT2D eigenvalue weighted by atomic mass is 28.3. The van der Waals surface area contributed by atoms with Crippen molar-refractivity contribution < 1.29 is 0 Å². The molecule has 0 radical (unpaired) electrons. The van der Waals surface area contributed by atoms with Crippen molar-refractivity contribution in [3.63, 3.8) is 0 Å². The molecule has 1 N–H and O–H groups in total. The summed E-state index contributed by atoms with van der Waals surface area (Å²) in [4.78, 5) is 5.09. The maximum Gasteiger partial charge on any atom is 0.203 e. The van der Waals surface area contributed by atoms with E-state index in [1.54, 1.807) is 0 Å². The Bertz CT molecular complexity index is 2320. The molecule has 0 fully saturated rings. The number of aryl methyl sites for hydroxylation is 1. The highest BCUT2D eigenvalue weighted by molar-refractivity contribution is 7.21. The molecule has 0 atom stereocenters. The summed E-state index contributed by atoms with van der Waals surface area (Å²) in [5.74, 6) is 0. The van der Waals surface area contributed by atoms with Crippen LogP contribution in [0.15, 0.2) is 146 Å². The second-order valence-electron chi connectivity index (χ2n) is 11.6. The van der Waals surface area contributed by atoms with Crippen LogP contribution in [-0.2, 0) is 0 Å². The van der Waals surface area contributed by atoms with Crippen molar-refractivity contribution in [1.29, 1.82) is 0 Å². The zero-order valence-electron chi connectivity index (χ0n) is 24.2. The lowest BCUT2D eigenvalue weighted by molar-refractivity contribution is 1.05. The molecule has 8 aromatic rings. The number of rotatable bonds is 4. The average molecular weight is 581 g/mol. The smallest absolute Gasteiger partial charge is 0.203 e. The number of nitrogens with zero attached hydrogens (tertiary/aromatic N) is 3. The Morgan fingerprint density at radius 2 is 1.34 bits per heavy atom. The van der Waals surface area contributed by atoms with Gasteiger partial charge in [-0.2, -0.15) is 5.10 Å². The summed E-state index contributed by atoms with van der Waals surface area (Å²) in [7, 11) is -2.70. The Balaban J connectivity index is 1.35. The number of nitrogens with one attached hydrogen (secondary N) is 1. The van der Waals surface area contributed by atoms with E-state index in [1.807, 2.05) is 19.2 Å². The summed E-state index contributed by atoms with van der Waals surface area (Å²) in [6.07, 6.45) is 1.95. The number of hydrogen-bond acceptors (Lipinski definition) is 2. The van der Waals surface area contributed by atoms with Gasteiger partial charge in [0.05, 0.1) is 16.7 Å². The van der Waals surface area contributed by atoms with Crippen LogP contribution in [0.3, 0.4) is 0 Å². The number of pyridine rings is 1. The number of fused-ring (bicyclic) bond motifs is 6. The fraction of sp³-hybridized carbons (Fsp3) is 0.0256. The number of H-pyrrole nitrogens is 1. The van der Waals surface area contributed by atoms with Crippen molar-refractivity contribution in [2.24, 2.45) is 0 Å². The van der Waals surface area contributed by atoms with Gasteiger partial charge in [-0.3, -0.25) is 10.1 Å². The highest BCUT2D eigenvalue weighted by Gasteiger charge is 2.49. The van der Waals surface area contributed by atoms with E-state index >= 15 is 0 Å². The van der Waals surface area contributed by atoms with E-state index < -0.39 is 8.07 Å². The van der Waals surface area contributed by atoms with Gasteiger partial charge >= 0.3 is 0 Å². The van der Waals surface area contributed by atoms with Gasteiger partial charge in [0.1, 0.15) is 0 Å². The lowest BCUT2D eigenvalue weighted by Gasteiger charge is -2.30. The lowest BCUT2D eigenvalue weighted by atomic mass is 10.1. The average Bonchev–Trinajstić information content (AvgIpc) is 3.76. The molecule has 9 rings (SSSR count). The van der Waals surface area contributed by atoms with Crippen molar-refractivity contribution >= 4 is 50.8 Å². The zero-order chi connectivity index (χ0) is 29.3. The molecule has 0 saturated carbocycles. The molecule has 5 heteroatoms. The fourth-order valence-electron chi connectivity index (χ4n) is 7.41. The summed E-state index contributed by atoms with van der Waals surface area (Å²) >= 11 is 0. The van der Waals surface area contributed by atoms with Crippen LogP contribution >= 0.6 is 0 Å². The molecule has 208 valence electrons. The number of benzene rings is 5. The number of aromatic amines is 1. The van der Waals surface area contributed by atoms with E-state index in [-0.39, 0.29) is 0 Å². The highest BCUT2D eigenvalue weighted by Crippen LogP contribution is 2.35. The van der Waals surface area contributed by atoms with Gasteiger partial charge in [0, 0.05) is 39.2 Å². The first kappa shape index (κ1) is 25.0. The molecular formula is C39H28N4Si. The molecule has 0 bridgehead atoms. The Labute approximate surface area is 256 Å². The van der Waals surface area contributed by atoms with Gasteiger partial charge in [-0.1, -0.05) is 97.1 Å². The van der Waals surface area contributed by atoms with Crippen molar-refractivity contribution in [3.8, 4) is 28.1 Å². The normalized spacial score (nSPS) is 13.3. The Hall–Kier alpha value is -5.52. The molecule has 0 amide bonds. The molecular weight excluding hydrogens is 553 g/mol. The summed E-state index contributed by atoms with van der Waals surface area (Å²) < 4.78 is 2.42. The first-order chi connectivity index (χ1) is 21.7. The van der Waals surface area contributed by atoms with E-state index in [0.717, 1.165) is 28.0 Å². The summed E-state index contributed by atoms with van der Waals surface area (Å²) in [5.41, 5.74) is 9.25. The van der Waals surface area contributed by atoms with E-state index in [9.17, 15) is 0 Å². The van der Waals surface area contributed by atoms with E-state index in [1.165, 1.54) is 48.5 Å². The van der Waals surface area contributed by atoms with Gasteiger partial charge in [0.25, 0.3) is 0 Å². The van der Waals surface area contributed by atoms with Gasteiger partial charge in [0.15, 0.2) is 0 Å². The van der Waals surface area contributed by atoms with Crippen LogP contribution in [0.2, 0.25) is 0 Å². The standard InChI is InChI=1S/C39H28N4Si/c1-26-23-34(42-41-26)27-20-21-31-30-13-2-5-16-35(30)43(36(31)24-27)28-11-10-12-29(25-28)44(39-19-8-9-22-40-39)37-17-6-3-14-32(37)33-15-4-7-18-38(33)44/h2-25H,1H3,(H,41,42). The predicted molar refractivity (Wildman–Crippen MR) is 184 cm³/mol. The van der Waals surface area contributed by atoms with Crippen LogP contribution in [0.25, 0.3) is 49.9 Å². The van der Waals surface area contributed by atoms with E-state index in [0.29, 0.717) is 0 Å². The minimum absolute atomic E-state index is 0.954. The van der Waals surface area contributed by atoms with Crippen LogP contribution in [0.4, 0.5) is 0 Å². The minimum Gasteiger partial charge on any atom is -0.309 e. The summed E-state index contributed by atoms with van der Waals surface area (Å²) in [6.45, 7) is 2.04. The maximum absolute atomic E-state index is 5.09.